The summed E-state index contributed by atoms with van der Waals surface area (Å²) >= 11 is 2.58. The summed E-state index contributed by atoms with van der Waals surface area (Å²) in [6.45, 7) is 8.29. The molecule has 3 aromatic heterocycles. The number of pyridine rings is 1. The topological polar surface area (TPSA) is 115 Å². The van der Waals surface area contributed by atoms with Crippen molar-refractivity contribution in [2.45, 2.75) is 50.0 Å². The van der Waals surface area contributed by atoms with Crippen LogP contribution in [0.4, 0.5) is 17.3 Å². The Morgan fingerprint density at radius 2 is 2.05 bits per heavy atom. The summed E-state index contributed by atoms with van der Waals surface area (Å²) in [5.41, 5.74) is 9.37. The predicted molar refractivity (Wildman–Crippen MR) is 158 cm³/mol. The standard InChI is InChI=1S/C27H33IN8O/c1-4-9-27(3,28)10-12-30-16-20-8-13-36-25(20)26(33-18-34-36)35-21-5-6-23(19(2)14-21)37-22-7-11-31-24(15-22)32-17-29/h5-8,11,13-15,17-18,30H,4,9-10,12,16H2,1-3H3,(H2,29,31,32)(H,33,34,35). The van der Waals surface area contributed by atoms with Crippen LogP contribution in [0, 0.1) is 6.92 Å². The van der Waals surface area contributed by atoms with E-state index in [0.29, 0.717) is 15.0 Å². The minimum Gasteiger partial charge on any atom is -0.457 e. The molecule has 10 heteroatoms. The van der Waals surface area contributed by atoms with Crippen molar-refractivity contribution in [1.29, 1.82) is 0 Å². The fourth-order valence-electron chi connectivity index (χ4n) is 4.19. The van der Waals surface area contributed by atoms with Gasteiger partial charge in [0.15, 0.2) is 11.6 Å². The van der Waals surface area contributed by atoms with E-state index in [4.69, 9.17) is 10.5 Å². The van der Waals surface area contributed by atoms with Gasteiger partial charge in [0.1, 0.15) is 23.3 Å². The maximum absolute atomic E-state index is 6.05. The molecule has 0 bridgehead atoms. The molecule has 0 aliphatic rings. The van der Waals surface area contributed by atoms with Gasteiger partial charge < -0.3 is 21.1 Å². The summed E-state index contributed by atoms with van der Waals surface area (Å²) in [7, 11) is 0. The quantitative estimate of drug-likeness (QED) is 0.0586. The molecule has 0 amide bonds. The van der Waals surface area contributed by atoms with Crippen molar-refractivity contribution in [3.05, 3.63) is 66.2 Å². The molecule has 0 fully saturated rings. The molecular weight excluding hydrogens is 579 g/mol. The number of aromatic nitrogens is 4. The molecule has 0 aliphatic heterocycles. The monoisotopic (exact) mass is 612 g/mol. The van der Waals surface area contributed by atoms with Crippen LogP contribution in [0.3, 0.4) is 0 Å². The second-order valence-electron chi connectivity index (χ2n) is 9.17. The number of nitrogens with two attached hydrogens (primary N) is 1. The molecule has 0 saturated heterocycles. The van der Waals surface area contributed by atoms with Crippen LogP contribution in [0.1, 0.15) is 44.2 Å². The summed E-state index contributed by atoms with van der Waals surface area (Å²) < 4.78 is 8.24. The highest BCUT2D eigenvalue weighted by Gasteiger charge is 2.18. The van der Waals surface area contributed by atoms with E-state index in [1.54, 1.807) is 24.7 Å². The number of halogens is 1. The van der Waals surface area contributed by atoms with Crippen LogP contribution in [0.2, 0.25) is 0 Å². The molecule has 0 radical (unpaired) electrons. The number of nitrogens with one attached hydrogen (secondary N) is 2. The minimum atomic E-state index is 0.323. The average molecular weight is 613 g/mol. The third-order valence-electron chi connectivity index (χ3n) is 6.04. The fourth-order valence-corrected chi connectivity index (χ4v) is 5.00. The number of nitrogens with zero attached hydrogens (tertiary/aromatic N) is 5. The number of rotatable bonds is 12. The van der Waals surface area contributed by atoms with E-state index < -0.39 is 0 Å². The molecule has 0 saturated carbocycles. The van der Waals surface area contributed by atoms with Gasteiger partial charge >= 0.3 is 0 Å². The van der Waals surface area contributed by atoms with Crippen LogP contribution >= 0.6 is 22.6 Å². The van der Waals surface area contributed by atoms with Crippen molar-refractivity contribution in [3.8, 4) is 11.5 Å². The van der Waals surface area contributed by atoms with Gasteiger partial charge in [-0.2, -0.15) is 5.10 Å². The first kappa shape index (κ1) is 26.8. The van der Waals surface area contributed by atoms with Crippen molar-refractivity contribution in [1.82, 2.24) is 24.9 Å². The highest BCUT2D eigenvalue weighted by Crippen LogP contribution is 2.31. The summed E-state index contributed by atoms with van der Waals surface area (Å²) in [5, 5.41) is 11.5. The maximum Gasteiger partial charge on any atom is 0.158 e. The van der Waals surface area contributed by atoms with Gasteiger partial charge in [-0.3, -0.25) is 0 Å². The number of ether oxygens (including phenoxy) is 1. The summed E-state index contributed by atoms with van der Waals surface area (Å²) in [6.07, 6.45) is 9.94. The Labute approximate surface area is 231 Å². The smallest absolute Gasteiger partial charge is 0.158 e. The summed E-state index contributed by atoms with van der Waals surface area (Å²) in [5.74, 6) is 2.63. The van der Waals surface area contributed by atoms with E-state index >= 15 is 0 Å². The molecule has 4 rings (SSSR count). The molecule has 3 heterocycles. The molecule has 9 nitrogen and oxygen atoms in total. The Bertz CT molecular complexity index is 1370. The summed E-state index contributed by atoms with van der Waals surface area (Å²) in [6, 6.07) is 11.5. The zero-order valence-corrected chi connectivity index (χ0v) is 23.6. The largest absolute Gasteiger partial charge is 0.457 e. The van der Waals surface area contributed by atoms with Gasteiger partial charge in [0.05, 0.1) is 6.34 Å². The van der Waals surface area contributed by atoms with Gasteiger partial charge in [-0.05, 0) is 67.8 Å². The first-order valence-electron chi connectivity index (χ1n) is 12.4. The number of hydrogen-bond donors (Lipinski definition) is 3. The number of aryl methyl sites for hydroxylation is 1. The number of benzene rings is 1. The van der Waals surface area contributed by atoms with E-state index in [1.807, 2.05) is 35.8 Å². The first-order valence-corrected chi connectivity index (χ1v) is 13.4. The Morgan fingerprint density at radius 3 is 2.84 bits per heavy atom. The summed E-state index contributed by atoms with van der Waals surface area (Å²) in [4.78, 5) is 12.7. The molecule has 1 atom stereocenters. The third-order valence-corrected chi connectivity index (χ3v) is 7.12. The normalized spacial score (nSPS) is 13.2. The lowest BCUT2D eigenvalue weighted by Crippen LogP contribution is -2.24. The molecule has 1 unspecified atom stereocenters. The molecule has 37 heavy (non-hydrogen) atoms. The second-order valence-corrected chi connectivity index (χ2v) is 11.8. The lowest BCUT2D eigenvalue weighted by Gasteiger charge is -2.21. The highest BCUT2D eigenvalue weighted by molar-refractivity contribution is 14.1. The van der Waals surface area contributed by atoms with Crippen LogP contribution in [0.15, 0.2) is 60.1 Å². The molecule has 0 aliphatic carbocycles. The minimum absolute atomic E-state index is 0.323. The first-order chi connectivity index (χ1) is 17.9. The van der Waals surface area contributed by atoms with Crippen LogP contribution in [0.5, 0.6) is 11.5 Å². The van der Waals surface area contributed by atoms with Gasteiger partial charge in [0.25, 0.3) is 0 Å². The predicted octanol–water partition coefficient (Wildman–Crippen LogP) is 6.06. The van der Waals surface area contributed by atoms with Crippen molar-refractivity contribution >= 4 is 51.8 Å². The zero-order valence-electron chi connectivity index (χ0n) is 21.4. The zero-order chi connectivity index (χ0) is 26.3. The van der Waals surface area contributed by atoms with E-state index in [0.717, 1.165) is 53.4 Å². The SMILES string of the molecule is CCCC(C)(I)CCNCc1ccn2ncnc(Nc3ccc(Oc4ccnc(N=CN)c4)c(C)c3)c12. The van der Waals surface area contributed by atoms with E-state index in [-0.39, 0.29) is 0 Å². The Balaban J connectivity index is 1.46. The Hall–Kier alpha value is -3.25. The Kier molecular flexibility index (Phi) is 8.93. The van der Waals surface area contributed by atoms with E-state index in [2.05, 4.69) is 73.2 Å². The van der Waals surface area contributed by atoms with Crippen molar-refractivity contribution in [2.75, 3.05) is 11.9 Å². The van der Waals surface area contributed by atoms with Gasteiger partial charge in [0.2, 0.25) is 0 Å². The number of anilines is 2. The lowest BCUT2D eigenvalue weighted by molar-refractivity contribution is 0.478. The van der Waals surface area contributed by atoms with Crippen molar-refractivity contribution < 1.29 is 4.74 Å². The number of hydrogen-bond acceptors (Lipinski definition) is 7. The molecule has 4 aromatic rings. The number of aliphatic imine (C=N–C) groups is 1. The van der Waals surface area contributed by atoms with Crippen LogP contribution < -0.4 is 21.1 Å². The number of alkyl halides is 1. The molecule has 4 N–H and O–H groups in total. The maximum atomic E-state index is 6.05. The van der Waals surface area contributed by atoms with Gasteiger partial charge in [-0.25, -0.2) is 19.5 Å². The average Bonchev–Trinajstić information content (AvgIpc) is 3.28. The van der Waals surface area contributed by atoms with Crippen molar-refractivity contribution in [3.63, 3.8) is 0 Å². The van der Waals surface area contributed by atoms with Gasteiger partial charge in [0, 0.05) is 34.1 Å². The van der Waals surface area contributed by atoms with E-state index in [1.165, 1.54) is 19.2 Å². The van der Waals surface area contributed by atoms with Crippen LogP contribution in [-0.2, 0) is 6.54 Å². The highest BCUT2D eigenvalue weighted by atomic mass is 127. The second kappa shape index (κ2) is 12.3. The molecule has 194 valence electrons. The molecular formula is C27H33IN8O. The fraction of sp³-hybridized carbons (Fsp3) is 0.333. The van der Waals surface area contributed by atoms with Crippen LogP contribution in [0.25, 0.3) is 5.52 Å². The Morgan fingerprint density at radius 1 is 1.19 bits per heavy atom. The lowest BCUT2D eigenvalue weighted by atomic mass is 10.0. The molecule has 1 aromatic carbocycles. The van der Waals surface area contributed by atoms with Crippen LogP contribution in [-0.4, -0.2) is 35.9 Å². The van der Waals surface area contributed by atoms with Gasteiger partial charge in [-0.15, -0.1) is 0 Å². The van der Waals surface area contributed by atoms with Gasteiger partial charge in [-0.1, -0.05) is 42.9 Å². The van der Waals surface area contributed by atoms with E-state index in [9.17, 15) is 0 Å². The number of fused-ring (bicyclic) bond motifs is 1. The molecule has 0 spiro atoms. The van der Waals surface area contributed by atoms with Crippen molar-refractivity contribution in [2.24, 2.45) is 10.7 Å². The third kappa shape index (κ3) is 7.16.